The fourth-order valence-electron chi connectivity index (χ4n) is 12.7. The molecule has 7 rings (SSSR count). The number of methoxy groups -OCH3 is 1. The summed E-state index contributed by atoms with van der Waals surface area (Å²) in [4.78, 5) is 65.1. The average molecular weight is 1420 g/mol. The Morgan fingerprint density at radius 3 is 1.35 bits per heavy atom. The molecule has 6 saturated heterocycles. The highest BCUT2D eigenvalue weighted by Crippen LogP contribution is 2.37. The van der Waals surface area contributed by atoms with Crippen LogP contribution < -0.4 is 31.3 Å². The minimum atomic E-state index is -2.07. The van der Waals surface area contributed by atoms with Crippen LogP contribution in [0.3, 0.4) is 0 Å². The summed E-state index contributed by atoms with van der Waals surface area (Å²) in [6.07, 6.45) is -32.0. The van der Waals surface area contributed by atoms with Gasteiger partial charge >= 0.3 is 0 Å². The number of allylic oxidation sites excluding steroid dienone is 2. The van der Waals surface area contributed by atoms with Crippen molar-refractivity contribution in [2.75, 3.05) is 46.8 Å². The largest absolute Gasteiger partial charge is 0.494 e. The summed E-state index contributed by atoms with van der Waals surface area (Å²) in [5.74, 6) is -3.67. The lowest BCUT2D eigenvalue weighted by Gasteiger charge is -2.51. The van der Waals surface area contributed by atoms with Gasteiger partial charge in [-0.1, -0.05) is 44.4 Å². The number of hydrogen-bond donors (Lipinski definition) is 18. The number of ether oxygens (including phenoxy) is 13. The zero-order chi connectivity index (χ0) is 72.5. The second-order valence-electron chi connectivity index (χ2n) is 25.3. The second kappa shape index (κ2) is 38.6. The van der Waals surface area contributed by atoms with E-state index in [4.69, 9.17) is 61.6 Å². The highest BCUT2D eigenvalue weighted by atomic mass is 16.8. The fraction of sp³-hybridized carbons (Fsp3) is 0.794. The molecule has 6 heterocycles. The number of hydrogen-bond acceptors (Lipinski definition) is 31. The van der Waals surface area contributed by atoms with Crippen molar-refractivity contribution < 1.29 is 152 Å². The van der Waals surface area contributed by atoms with E-state index in [2.05, 4.69) is 45.7 Å². The van der Waals surface area contributed by atoms with Crippen molar-refractivity contribution >= 4 is 29.5 Å². The van der Waals surface area contributed by atoms with Gasteiger partial charge in [-0.15, -0.1) is 0 Å². The van der Waals surface area contributed by atoms with E-state index in [0.717, 1.165) is 53.4 Å². The summed E-state index contributed by atoms with van der Waals surface area (Å²) in [5, 5.41) is 158. The normalized spacial score (nSPS) is 39.6. The third kappa shape index (κ3) is 20.9. The Labute approximate surface area is 571 Å². The first-order chi connectivity index (χ1) is 47.2. The van der Waals surface area contributed by atoms with Gasteiger partial charge in [-0.3, -0.25) is 24.0 Å². The van der Waals surface area contributed by atoms with E-state index >= 15 is 0 Å². The Morgan fingerprint density at radius 1 is 0.465 bits per heavy atom. The molecule has 5 amide bonds. The third-order valence-corrected chi connectivity index (χ3v) is 17.8. The Balaban J connectivity index is 1.07. The number of benzene rings is 1. The van der Waals surface area contributed by atoms with Gasteiger partial charge in [0, 0.05) is 40.4 Å². The predicted octanol–water partition coefficient (Wildman–Crippen LogP) is -6.72. The summed E-state index contributed by atoms with van der Waals surface area (Å²) in [7, 11) is 1.21. The molecule has 1 aromatic rings. The number of nitrogens with one attached hydrogen (secondary N) is 5. The maximum atomic E-state index is 14.0. The maximum absolute atomic E-state index is 14.0. The molecule has 0 spiro atoms. The lowest BCUT2D eigenvalue weighted by atomic mass is 9.93. The minimum Gasteiger partial charge on any atom is -0.494 e. The van der Waals surface area contributed by atoms with Crippen LogP contribution in [0.25, 0.3) is 0 Å². The van der Waals surface area contributed by atoms with Crippen LogP contribution in [0.1, 0.15) is 96.8 Å². The van der Waals surface area contributed by atoms with Gasteiger partial charge in [-0.05, 0) is 50.8 Å². The highest BCUT2D eigenvalue weighted by molar-refractivity contribution is 5.94. The molecule has 6 aliphatic rings. The minimum absolute atomic E-state index is 0.0482. The molecule has 0 saturated carbocycles. The SMILES string of the molecule is CCCCCCC=CCCCOc1cccc(C(=O)N[C@@H]2C(O[C@H]3C(O)C(NC(C)=O)C(OC4C(CO)OC(O[C@H]5C(O)C(NC(C)=O)C(OC6C(CO[C@@H]7OC(C)C(O)[C@H](O)[C@@H]7OC)OC(O)[C@@H](NC(C)=O)[C@H]6O)O[C@H]5CO)[C@@H](NC(C)=O)[C@H]4O)O[C@H]3CO)OC(CO)[C@@H](O)[C@@H]2O)c1. The lowest BCUT2D eigenvalue weighted by molar-refractivity contribution is -0.368. The number of rotatable bonds is 32. The van der Waals surface area contributed by atoms with Gasteiger partial charge in [0.1, 0.15) is 146 Å². The van der Waals surface area contributed by atoms with Crippen LogP contribution >= 0.6 is 0 Å². The highest BCUT2D eigenvalue weighted by Gasteiger charge is 2.58. The first-order valence-corrected chi connectivity index (χ1v) is 33.2. The molecule has 6 aliphatic heterocycles. The van der Waals surface area contributed by atoms with E-state index in [9.17, 15) is 90.4 Å². The average Bonchev–Trinajstić information content (AvgIpc) is 0.771. The molecule has 16 unspecified atom stereocenters. The van der Waals surface area contributed by atoms with Gasteiger partial charge in [0.2, 0.25) is 23.6 Å². The number of unbranched alkanes of at least 4 members (excludes halogenated alkanes) is 5. The Kier molecular flexibility index (Phi) is 31.7. The fourth-order valence-corrected chi connectivity index (χ4v) is 12.7. The zero-order valence-corrected chi connectivity index (χ0v) is 56.1. The second-order valence-corrected chi connectivity index (χ2v) is 25.3. The van der Waals surface area contributed by atoms with Crippen molar-refractivity contribution in [1.29, 1.82) is 0 Å². The smallest absolute Gasteiger partial charge is 0.251 e. The quantitative estimate of drug-likeness (QED) is 0.0235. The number of aliphatic hydroxyl groups is 13. The molecule has 0 bridgehead atoms. The Morgan fingerprint density at radius 2 is 0.899 bits per heavy atom. The van der Waals surface area contributed by atoms with E-state index in [-0.39, 0.29) is 5.56 Å². The van der Waals surface area contributed by atoms with E-state index in [1.807, 2.05) is 0 Å². The van der Waals surface area contributed by atoms with Crippen LogP contribution in [0.4, 0.5) is 0 Å². The molecule has 1 aromatic carbocycles. The van der Waals surface area contributed by atoms with Gasteiger partial charge < -0.3 is 155 Å². The van der Waals surface area contributed by atoms with E-state index in [0.29, 0.717) is 18.8 Å². The predicted molar refractivity (Wildman–Crippen MR) is 333 cm³/mol. The molecule has 36 nitrogen and oxygen atoms in total. The van der Waals surface area contributed by atoms with E-state index in [1.165, 1.54) is 39.0 Å². The topological polar surface area (TPSA) is 528 Å². The van der Waals surface area contributed by atoms with Crippen LogP contribution in [0.15, 0.2) is 36.4 Å². The van der Waals surface area contributed by atoms with Crippen molar-refractivity contribution in [2.45, 2.75) is 270 Å². The molecule has 564 valence electrons. The maximum Gasteiger partial charge on any atom is 0.251 e. The molecule has 6 fully saturated rings. The van der Waals surface area contributed by atoms with Gasteiger partial charge in [-0.25, -0.2) is 0 Å². The summed E-state index contributed by atoms with van der Waals surface area (Å²) in [5.41, 5.74) is 0.0482. The van der Waals surface area contributed by atoms with E-state index in [1.54, 1.807) is 12.1 Å². The standard InChI is InChI=1S/C63H101N5O31/c1-8-9-10-11-12-13-14-15-16-20-88-33-19-17-18-32(21-33)57(85)68-40-46(79)45(78)34(22-69)92-59(40)96-52-35(23-70)93-60(41(48(52)81)65-29(4)74)97-53-36(24-71)94-61(42(49(53)82)66-30(5)75)98-54-37(25-72)95-62(43(50(54)83)67-31(6)76)99-55-38(91-58(86)39(47(55)80)64-28(3)73)26-89-63-56(87-7)51(84)44(77)27(2)90-63/h13-14,17-19,21,27,34-56,58-63,69-72,77-84,86H,8-12,15-16,20,22-26H2,1-7H3,(H,64,73)(H,65,74)(H,66,75)(H,67,76)(H,68,85)/t27?,34?,35-,36?,37-,38?,39-,40-,41?,42-,43?,44?,45+,46+,47+,48?,49+,50?,51-,52+,53?,54+,55?,56-,58?,59?,60?,61?,62?,63+/m0/s1. The molecule has 30 atom stereocenters. The van der Waals surface area contributed by atoms with Crippen molar-refractivity contribution in [1.82, 2.24) is 26.6 Å². The number of amides is 5. The summed E-state index contributed by atoms with van der Waals surface area (Å²) in [6, 6.07) is -2.45. The lowest BCUT2D eigenvalue weighted by Crippen LogP contribution is -2.72. The van der Waals surface area contributed by atoms with Crippen LogP contribution in [-0.2, 0) is 76.0 Å². The summed E-state index contributed by atoms with van der Waals surface area (Å²) < 4.78 is 77.9. The van der Waals surface area contributed by atoms with Crippen molar-refractivity contribution in [2.24, 2.45) is 0 Å². The zero-order valence-electron chi connectivity index (χ0n) is 56.1. The van der Waals surface area contributed by atoms with E-state index < -0.39 is 246 Å². The van der Waals surface area contributed by atoms with Gasteiger partial charge in [0.05, 0.1) is 45.7 Å². The molecule has 99 heavy (non-hydrogen) atoms. The summed E-state index contributed by atoms with van der Waals surface area (Å²) >= 11 is 0. The van der Waals surface area contributed by atoms with Crippen molar-refractivity contribution in [3.63, 3.8) is 0 Å². The Bertz CT molecular complexity index is 2730. The molecular weight excluding hydrogens is 1320 g/mol. The van der Waals surface area contributed by atoms with Crippen LogP contribution in [-0.4, -0.2) is 327 Å². The number of carbonyl (C=O) groups excluding carboxylic acids is 5. The van der Waals surface area contributed by atoms with Crippen LogP contribution in [0, 0.1) is 0 Å². The first kappa shape index (κ1) is 81.4. The monoisotopic (exact) mass is 1420 g/mol. The number of aliphatic hydroxyl groups excluding tert-OH is 13. The van der Waals surface area contributed by atoms with Crippen LogP contribution in [0.5, 0.6) is 5.75 Å². The molecule has 0 aromatic heterocycles. The third-order valence-electron chi connectivity index (χ3n) is 17.8. The van der Waals surface area contributed by atoms with Crippen molar-refractivity contribution in [3.8, 4) is 5.75 Å². The molecule has 36 heteroatoms. The molecule has 0 radical (unpaired) electrons. The molecule has 0 aliphatic carbocycles. The number of carbonyl (C=O) groups is 5. The first-order valence-electron chi connectivity index (χ1n) is 33.2. The van der Waals surface area contributed by atoms with Crippen molar-refractivity contribution in [3.05, 3.63) is 42.0 Å². The van der Waals surface area contributed by atoms with Gasteiger partial charge in [-0.2, -0.15) is 0 Å². The van der Waals surface area contributed by atoms with Crippen LogP contribution in [0.2, 0.25) is 0 Å². The molecular formula is C63H101N5O31. The van der Waals surface area contributed by atoms with Gasteiger partial charge in [0.25, 0.3) is 5.91 Å². The Hall–Kier alpha value is -4.89. The molecule has 18 N–H and O–H groups in total. The summed E-state index contributed by atoms with van der Waals surface area (Å²) in [6.45, 7) is 3.52. The van der Waals surface area contributed by atoms with Gasteiger partial charge in [0.15, 0.2) is 37.7 Å².